The van der Waals surface area contributed by atoms with Gasteiger partial charge >= 0.3 is 6.09 Å². The lowest BCUT2D eigenvalue weighted by Gasteiger charge is -2.35. The largest absolute Gasteiger partial charge is 0.444 e. The summed E-state index contributed by atoms with van der Waals surface area (Å²) in [7, 11) is 0. The lowest BCUT2D eigenvalue weighted by atomic mass is 10.1. The summed E-state index contributed by atoms with van der Waals surface area (Å²) in [5.74, 6) is 2.32. The number of aromatic nitrogens is 1. The third-order valence-corrected chi connectivity index (χ3v) is 3.41. The molecule has 1 aliphatic heterocycles. The molecule has 0 aromatic carbocycles. The van der Waals surface area contributed by atoms with E-state index >= 15 is 0 Å². The van der Waals surface area contributed by atoms with E-state index in [2.05, 4.69) is 23.9 Å². The highest BCUT2D eigenvalue weighted by molar-refractivity contribution is 5.68. The fraction of sp³-hybridized carbons (Fsp3) is 0.750. The first-order valence-electron chi connectivity index (χ1n) is 7.93. The molecule has 1 fully saturated rings. The van der Waals surface area contributed by atoms with Crippen molar-refractivity contribution in [3.8, 4) is 0 Å². The van der Waals surface area contributed by atoms with Gasteiger partial charge in [0.2, 0.25) is 0 Å². The Balaban J connectivity index is 1.86. The van der Waals surface area contributed by atoms with Crippen molar-refractivity contribution in [1.82, 2.24) is 10.1 Å². The normalized spacial score (nSPS) is 16.3. The van der Waals surface area contributed by atoms with Crippen molar-refractivity contribution in [3.05, 3.63) is 11.8 Å². The van der Waals surface area contributed by atoms with Gasteiger partial charge in [-0.15, -0.1) is 0 Å². The number of hydrogen-bond donors (Lipinski definition) is 0. The van der Waals surface area contributed by atoms with Crippen LogP contribution in [0, 0.1) is 5.92 Å². The molecule has 2 rings (SSSR count). The summed E-state index contributed by atoms with van der Waals surface area (Å²) in [6.07, 6.45) is 0.651. The third kappa shape index (κ3) is 4.64. The Morgan fingerprint density at radius 1 is 1.32 bits per heavy atom. The summed E-state index contributed by atoms with van der Waals surface area (Å²) < 4.78 is 10.8. The monoisotopic (exact) mass is 309 g/mol. The summed E-state index contributed by atoms with van der Waals surface area (Å²) in [5, 5.41) is 4.14. The van der Waals surface area contributed by atoms with E-state index < -0.39 is 5.60 Å². The van der Waals surface area contributed by atoms with Crippen molar-refractivity contribution in [2.75, 3.05) is 31.1 Å². The fourth-order valence-electron chi connectivity index (χ4n) is 2.39. The van der Waals surface area contributed by atoms with Crippen molar-refractivity contribution < 1.29 is 14.1 Å². The van der Waals surface area contributed by atoms with Crippen molar-refractivity contribution in [3.63, 3.8) is 0 Å². The second kappa shape index (κ2) is 6.58. The number of piperazine rings is 1. The van der Waals surface area contributed by atoms with E-state index in [1.165, 1.54) is 0 Å². The Morgan fingerprint density at radius 2 is 1.95 bits per heavy atom. The number of hydrogen-bond acceptors (Lipinski definition) is 5. The molecule has 1 saturated heterocycles. The minimum absolute atomic E-state index is 0.243. The maximum atomic E-state index is 12.0. The smallest absolute Gasteiger partial charge is 0.410 e. The first-order chi connectivity index (χ1) is 10.2. The summed E-state index contributed by atoms with van der Waals surface area (Å²) in [5.41, 5.74) is -0.452. The molecule has 1 aliphatic rings. The predicted octanol–water partition coefficient (Wildman–Crippen LogP) is 2.93. The number of carbonyl (C=O) groups excluding carboxylic acids is 1. The molecule has 0 aliphatic carbocycles. The molecule has 6 heteroatoms. The average molecular weight is 309 g/mol. The molecule has 0 radical (unpaired) electrons. The zero-order valence-electron chi connectivity index (χ0n) is 14.3. The van der Waals surface area contributed by atoms with Crippen LogP contribution in [0.15, 0.2) is 10.6 Å². The number of carbonyl (C=O) groups is 1. The van der Waals surface area contributed by atoms with Crippen LogP contribution in [0.4, 0.5) is 10.6 Å². The SMILES string of the molecule is CC(C)Cc1cc(N2CCN(C(=O)OC(C)(C)C)CC2)no1. The van der Waals surface area contributed by atoms with E-state index in [-0.39, 0.29) is 6.09 Å². The zero-order chi connectivity index (χ0) is 16.3. The summed E-state index contributed by atoms with van der Waals surface area (Å²) in [6.45, 7) is 12.7. The van der Waals surface area contributed by atoms with Crippen LogP contribution in [0.3, 0.4) is 0 Å². The van der Waals surface area contributed by atoms with Crippen molar-refractivity contribution in [2.24, 2.45) is 5.92 Å². The number of nitrogens with zero attached hydrogens (tertiary/aromatic N) is 3. The van der Waals surface area contributed by atoms with Gasteiger partial charge in [-0.1, -0.05) is 19.0 Å². The highest BCUT2D eigenvalue weighted by Gasteiger charge is 2.26. The molecule has 0 atom stereocenters. The highest BCUT2D eigenvalue weighted by atomic mass is 16.6. The molecule has 124 valence electrons. The van der Waals surface area contributed by atoms with E-state index in [9.17, 15) is 4.79 Å². The van der Waals surface area contributed by atoms with Crippen LogP contribution in [0.5, 0.6) is 0 Å². The fourth-order valence-corrected chi connectivity index (χ4v) is 2.39. The highest BCUT2D eigenvalue weighted by Crippen LogP contribution is 2.19. The second-order valence-corrected chi connectivity index (χ2v) is 7.20. The Morgan fingerprint density at radius 3 is 2.50 bits per heavy atom. The van der Waals surface area contributed by atoms with Gasteiger partial charge < -0.3 is 19.1 Å². The van der Waals surface area contributed by atoms with Crippen LogP contribution in [0.2, 0.25) is 0 Å². The minimum atomic E-state index is -0.452. The zero-order valence-corrected chi connectivity index (χ0v) is 14.3. The van der Waals surface area contributed by atoms with Gasteiger partial charge in [0.05, 0.1) is 0 Å². The van der Waals surface area contributed by atoms with Crippen molar-refractivity contribution in [2.45, 2.75) is 46.6 Å². The van der Waals surface area contributed by atoms with Crippen LogP contribution in [-0.2, 0) is 11.2 Å². The summed E-state index contributed by atoms with van der Waals surface area (Å²) in [4.78, 5) is 15.9. The molecule has 1 aromatic heterocycles. The van der Waals surface area contributed by atoms with Gasteiger partial charge in [-0.2, -0.15) is 0 Å². The van der Waals surface area contributed by atoms with Crippen LogP contribution < -0.4 is 4.90 Å². The second-order valence-electron chi connectivity index (χ2n) is 7.20. The Labute approximate surface area is 132 Å². The summed E-state index contributed by atoms with van der Waals surface area (Å²) >= 11 is 0. The molecule has 0 N–H and O–H groups in total. The molecule has 0 spiro atoms. The van der Waals surface area contributed by atoms with Gasteiger partial charge in [0, 0.05) is 38.7 Å². The van der Waals surface area contributed by atoms with E-state index in [1.54, 1.807) is 4.90 Å². The van der Waals surface area contributed by atoms with Crippen LogP contribution >= 0.6 is 0 Å². The lowest BCUT2D eigenvalue weighted by molar-refractivity contribution is 0.0240. The van der Waals surface area contributed by atoms with E-state index in [4.69, 9.17) is 9.26 Å². The molecule has 2 heterocycles. The standard InChI is InChI=1S/C16H27N3O3/c1-12(2)10-13-11-14(17-22-13)18-6-8-19(9-7-18)15(20)21-16(3,4)5/h11-12H,6-10H2,1-5H3. The van der Waals surface area contributed by atoms with Crippen LogP contribution in [-0.4, -0.2) is 47.9 Å². The van der Waals surface area contributed by atoms with E-state index in [0.717, 1.165) is 31.1 Å². The van der Waals surface area contributed by atoms with Crippen molar-refractivity contribution in [1.29, 1.82) is 0 Å². The molecule has 0 unspecified atom stereocenters. The number of anilines is 1. The Hall–Kier alpha value is -1.72. The number of rotatable bonds is 3. The quantitative estimate of drug-likeness (QED) is 0.859. The van der Waals surface area contributed by atoms with Gasteiger partial charge in [0.15, 0.2) is 5.82 Å². The topological polar surface area (TPSA) is 58.8 Å². The predicted molar refractivity (Wildman–Crippen MR) is 85.1 cm³/mol. The van der Waals surface area contributed by atoms with Crippen LogP contribution in [0.1, 0.15) is 40.4 Å². The number of ether oxygens (including phenoxy) is 1. The maximum absolute atomic E-state index is 12.0. The van der Waals surface area contributed by atoms with Gasteiger partial charge in [0.1, 0.15) is 11.4 Å². The lowest BCUT2D eigenvalue weighted by Crippen LogP contribution is -2.50. The van der Waals surface area contributed by atoms with Gasteiger partial charge in [-0.05, 0) is 26.7 Å². The third-order valence-electron chi connectivity index (χ3n) is 3.41. The molecule has 0 bridgehead atoms. The molecule has 1 amide bonds. The number of amides is 1. The maximum Gasteiger partial charge on any atom is 0.410 e. The van der Waals surface area contributed by atoms with Crippen molar-refractivity contribution >= 4 is 11.9 Å². The Kier molecular flexibility index (Phi) is 4.98. The first-order valence-corrected chi connectivity index (χ1v) is 7.93. The molecule has 0 saturated carbocycles. The van der Waals surface area contributed by atoms with Crippen LogP contribution in [0.25, 0.3) is 0 Å². The molecule has 22 heavy (non-hydrogen) atoms. The average Bonchev–Trinajstić information content (AvgIpc) is 2.84. The van der Waals surface area contributed by atoms with Gasteiger partial charge in [0.25, 0.3) is 0 Å². The Bertz CT molecular complexity index is 497. The molecule has 1 aromatic rings. The van der Waals surface area contributed by atoms with Gasteiger partial charge in [-0.25, -0.2) is 4.79 Å². The summed E-state index contributed by atoms with van der Waals surface area (Å²) in [6, 6.07) is 2.00. The molecular formula is C16H27N3O3. The van der Waals surface area contributed by atoms with Gasteiger partial charge in [-0.3, -0.25) is 0 Å². The van der Waals surface area contributed by atoms with E-state index in [1.807, 2.05) is 26.8 Å². The molecular weight excluding hydrogens is 282 g/mol. The first kappa shape index (κ1) is 16.6. The minimum Gasteiger partial charge on any atom is -0.444 e. The van der Waals surface area contributed by atoms with E-state index in [0.29, 0.717) is 19.0 Å². The molecule has 6 nitrogen and oxygen atoms in total.